The van der Waals surface area contributed by atoms with E-state index in [1.165, 1.54) is 20.4 Å². The number of aromatic amines is 1. The van der Waals surface area contributed by atoms with E-state index in [9.17, 15) is 9.90 Å². The number of rotatable bonds is 5. The van der Waals surface area contributed by atoms with Crippen molar-refractivity contribution >= 4 is 12.2 Å². The first-order chi connectivity index (χ1) is 10.5. The molecule has 0 aliphatic rings. The Morgan fingerprint density at radius 3 is 2.45 bits per heavy atom. The van der Waals surface area contributed by atoms with Crippen LogP contribution >= 0.6 is 0 Å². The Labute approximate surface area is 125 Å². The number of nitrogens with one attached hydrogen (secondary N) is 2. The second kappa shape index (κ2) is 6.57. The molecule has 0 fully saturated rings. The fraction of sp³-hybridized carbons (Fsp3) is 0.231. The third-order valence-electron chi connectivity index (χ3n) is 2.75. The lowest BCUT2D eigenvalue weighted by atomic mass is 10.2. The summed E-state index contributed by atoms with van der Waals surface area (Å²) < 4.78 is 10.1. The molecule has 0 amide bonds. The van der Waals surface area contributed by atoms with Crippen LogP contribution < -0.4 is 20.5 Å². The molecular formula is C13H15N5O4. The minimum absolute atomic E-state index is 0.0937. The summed E-state index contributed by atoms with van der Waals surface area (Å²) in [7, 11) is 2.86. The maximum absolute atomic E-state index is 11.4. The van der Waals surface area contributed by atoms with Crippen LogP contribution in [0.1, 0.15) is 11.3 Å². The highest BCUT2D eigenvalue weighted by molar-refractivity contribution is 5.82. The number of benzene rings is 1. The van der Waals surface area contributed by atoms with Crippen LogP contribution in [-0.2, 0) is 0 Å². The summed E-state index contributed by atoms with van der Waals surface area (Å²) in [5, 5.41) is 21.1. The maximum Gasteiger partial charge on any atom is 0.274 e. The minimum Gasteiger partial charge on any atom is -0.502 e. The number of anilines is 1. The second-order valence-corrected chi connectivity index (χ2v) is 4.23. The van der Waals surface area contributed by atoms with E-state index in [0.717, 1.165) is 0 Å². The number of hydrogen-bond acceptors (Lipinski definition) is 8. The highest BCUT2D eigenvalue weighted by atomic mass is 16.5. The summed E-state index contributed by atoms with van der Waals surface area (Å²) in [6.07, 6.45) is 1.45. The third-order valence-corrected chi connectivity index (χ3v) is 2.75. The van der Waals surface area contributed by atoms with Crippen LogP contribution in [0.2, 0.25) is 0 Å². The zero-order chi connectivity index (χ0) is 16.1. The Balaban J connectivity index is 2.19. The van der Waals surface area contributed by atoms with Gasteiger partial charge in [0.25, 0.3) is 5.56 Å². The fourth-order valence-corrected chi connectivity index (χ4v) is 1.60. The highest BCUT2D eigenvalue weighted by Gasteiger charge is 2.10. The molecule has 0 saturated heterocycles. The van der Waals surface area contributed by atoms with Crippen molar-refractivity contribution < 1.29 is 14.6 Å². The van der Waals surface area contributed by atoms with Gasteiger partial charge in [-0.2, -0.15) is 5.10 Å². The van der Waals surface area contributed by atoms with E-state index in [4.69, 9.17) is 9.47 Å². The monoisotopic (exact) mass is 305 g/mol. The Morgan fingerprint density at radius 1 is 1.27 bits per heavy atom. The molecule has 2 aromatic rings. The third kappa shape index (κ3) is 3.32. The van der Waals surface area contributed by atoms with Crippen LogP contribution in [0.4, 0.5) is 5.95 Å². The van der Waals surface area contributed by atoms with Gasteiger partial charge in [-0.1, -0.05) is 0 Å². The number of aromatic hydroxyl groups is 1. The average Bonchev–Trinajstić information content (AvgIpc) is 2.52. The fourth-order valence-electron chi connectivity index (χ4n) is 1.60. The number of hydrogen-bond donors (Lipinski definition) is 3. The molecule has 9 heteroatoms. The van der Waals surface area contributed by atoms with Crippen molar-refractivity contribution in [1.29, 1.82) is 0 Å². The predicted octanol–water partition coefficient (Wildman–Crippen LogP) is 0.642. The van der Waals surface area contributed by atoms with Gasteiger partial charge in [0.15, 0.2) is 11.5 Å². The van der Waals surface area contributed by atoms with Crippen LogP contribution in [0.3, 0.4) is 0 Å². The van der Waals surface area contributed by atoms with Gasteiger partial charge < -0.3 is 14.6 Å². The van der Waals surface area contributed by atoms with Gasteiger partial charge >= 0.3 is 0 Å². The van der Waals surface area contributed by atoms with Crippen molar-refractivity contribution in [2.24, 2.45) is 5.10 Å². The number of phenolic OH excluding ortho intramolecular Hbond substituents is 1. The van der Waals surface area contributed by atoms with Gasteiger partial charge in [-0.3, -0.25) is 9.78 Å². The number of methoxy groups -OCH3 is 2. The Morgan fingerprint density at radius 2 is 1.91 bits per heavy atom. The predicted molar refractivity (Wildman–Crippen MR) is 79.8 cm³/mol. The van der Waals surface area contributed by atoms with E-state index < -0.39 is 0 Å². The van der Waals surface area contributed by atoms with Crippen LogP contribution in [0.5, 0.6) is 17.2 Å². The van der Waals surface area contributed by atoms with Gasteiger partial charge in [-0.05, 0) is 19.1 Å². The van der Waals surface area contributed by atoms with Crippen molar-refractivity contribution in [1.82, 2.24) is 15.2 Å². The zero-order valence-corrected chi connectivity index (χ0v) is 12.2. The molecule has 1 aromatic heterocycles. The Bertz CT molecular complexity index is 731. The summed E-state index contributed by atoms with van der Waals surface area (Å²) in [6, 6.07) is 3.15. The van der Waals surface area contributed by atoms with Crippen molar-refractivity contribution in [3.8, 4) is 17.2 Å². The van der Waals surface area contributed by atoms with E-state index in [1.807, 2.05) is 0 Å². The molecule has 0 aliphatic heterocycles. The number of nitrogens with zero attached hydrogens (tertiary/aromatic N) is 3. The van der Waals surface area contributed by atoms with E-state index in [1.54, 1.807) is 19.1 Å². The van der Waals surface area contributed by atoms with Crippen molar-refractivity contribution in [3.05, 3.63) is 33.7 Å². The first-order valence-electron chi connectivity index (χ1n) is 6.22. The maximum atomic E-state index is 11.4. The van der Waals surface area contributed by atoms with Crippen LogP contribution in [0.15, 0.2) is 22.0 Å². The van der Waals surface area contributed by atoms with Gasteiger partial charge in [-0.15, -0.1) is 10.2 Å². The molecule has 0 spiro atoms. The van der Waals surface area contributed by atoms with E-state index in [0.29, 0.717) is 5.56 Å². The number of hydrazone groups is 1. The minimum atomic E-state index is -0.347. The van der Waals surface area contributed by atoms with Gasteiger partial charge in [-0.25, -0.2) is 5.43 Å². The largest absolute Gasteiger partial charge is 0.502 e. The summed E-state index contributed by atoms with van der Waals surface area (Å²) >= 11 is 0. The molecule has 0 atom stereocenters. The zero-order valence-electron chi connectivity index (χ0n) is 12.2. The topological polar surface area (TPSA) is 122 Å². The van der Waals surface area contributed by atoms with Crippen LogP contribution in [0, 0.1) is 6.92 Å². The summed E-state index contributed by atoms with van der Waals surface area (Å²) in [5.74, 6) is 0.530. The number of H-pyrrole nitrogens is 1. The molecular weight excluding hydrogens is 290 g/mol. The molecule has 3 N–H and O–H groups in total. The quantitative estimate of drug-likeness (QED) is 0.547. The van der Waals surface area contributed by atoms with E-state index in [2.05, 4.69) is 25.7 Å². The number of ether oxygens (including phenoxy) is 2. The Hall–Kier alpha value is -3.10. The van der Waals surface area contributed by atoms with Gasteiger partial charge in [0.2, 0.25) is 11.7 Å². The number of aryl methyl sites for hydroxylation is 1. The number of aromatic nitrogens is 3. The molecule has 0 saturated carbocycles. The molecule has 1 heterocycles. The van der Waals surface area contributed by atoms with Crippen LogP contribution in [0.25, 0.3) is 0 Å². The lowest BCUT2D eigenvalue weighted by molar-refractivity contribution is 0.340. The highest BCUT2D eigenvalue weighted by Crippen LogP contribution is 2.36. The van der Waals surface area contributed by atoms with Crippen molar-refractivity contribution in [2.75, 3.05) is 19.6 Å². The summed E-state index contributed by atoms with van der Waals surface area (Å²) in [4.78, 5) is 13.8. The normalized spacial score (nSPS) is 10.7. The molecule has 116 valence electrons. The molecule has 1 aromatic carbocycles. The van der Waals surface area contributed by atoms with E-state index >= 15 is 0 Å². The molecule has 0 radical (unpaired) electrons. The smallest absolute Gasteiger partial charge is 0.274 e. The summed E-state index contributed by atoms with van der Waals surface area (Å²) in [6.45, 7) is 1.55. The summed E-state index contributed by atoms with van der Waals surface area (Å²) in [5.41, 5.74) is 3.08. The number of phenols is 1. The lowest BCUT2D eigenvalue weighted by Crippen LogP contribution is -2.15. The standard InChI is InChI=1S/C13H15N5O4/c1-7-12(20)15-13(18-16-7)17-14-6-8-4-9(21-2)11(19)10(5-8)22-3/h4-6,19H,1-3H3,(H2,15,17,18,20)/b14-6-. The second-order valence-electron chi connectivity index (χ2n) is 4.23. The molecule has 2 rings (SSSR count). The Kier molecular flexibility index (Phi) is 4.57. The van der Waals surface area contributed by atoms with E-state index in [-0.39, 0.29) is 34.5 Å². The van der Waals surface area contributed by atoms with Crippen molar-refractivity contribution in [3.63, 3.8) is 0 Å². The first-order valence-corrected chi connectivity index (χ1v) is 6.22. The lowest BCUT2D eigenvalue weighted by Gasteiger charge is -2.09. The first kappa shape index (κ1) is 15.3. The van der Waals surface area contributed by atoms with Gasteiger partial charge in [0.05, 0.1) is 20.4 Å². The molecule has 0 unspecified atom stereocenters. The molecule has 9 nitrogen and oxygen atoms in total. The van der Waals surface area contributed by atoms with Gasteiger partial charge in [0, 0.05) is 5.56 Å². The van der Waals surface area contributed by atoms with Gasteiger partial charge in [0.1, 0.15) is 5.69 Å². The van der Waals surface area contributed by atoms with Crippen LogP contribution in [-0.4, -0.2) is 40.7 Å². The van der Waals surface area contributed by atoms with Crippen molar-refractivity contribution in [2.45, 2.75) is 6.92 Å². The molecule has 0 aliphatic carbocycles. The SMILES string of the molecule is COc1cc(/C=N\Nc2nnc(C)c(=O)[nH]2)cc(OC)c1O. The molecule has 0 bridgehead atoms. The average molecular weight is 305 g/mol. The molecule has 22 heavy (non-hydrogen) atoms.